The summed E-state index contributed by atoms with van der Waals surface area (Å²) in [4.78, 5) is 11.1. The van der Waals surface area contributed by atoms with Crippen LogP contribution < -0.4 is 0 Å². The maximum Gasteiger partial charge on any atom is 0.133 e. The van der Waals surface area contributed by atoms with Gasteiger partial charge in [-0.05, 0) is 31.6 Å². The Balaban J connectivity index is 1.99. The molecular formula is C10H16O. The Morgan fingerprint density at radius 2 is 1.91 bits per heavy atom. The van der Waals surface area contributed by atoms with Crippen molar-refractivity contribution in [3.8, 4) is 0 Å². The third kappa shape index (κ3) is 1.11. The molecular weight excluding hydrogens is 136 g/mol. The van der Waals surface area contributed by atoms with Crippen molar-refractivity contribution in [2.45, 2.75) is 45.4 Å². The molecule has 0 aromatic rings. The predicted molar refractivity (Wildman–Crippen MR) is 44.3 cm³/mol. The summed E-state index contributed by atoms with van der Waals surface area (Å²) < 4.78 is 0. The van der Waals surface area contributed by atoms with Crippen LogP contribution in [0.1, 0.15) is 45.4 Å². The zero-order chi connectivity index (χ0) is 7.90. The molecule has 0 amide bonds. The standard InChI is InChI=1S/C10H16O/c1-8(11)9-7-10(9)5-3-2-4-6-10/h9H,2-7H2,1H3. The topological polar surface area (TPSA) is 17.1 Å². The fourth-order valence-electron chi connectivity index (χ4n) is 2.73. The second-order valence-corrected chi connectivity index (χ2v) is 4.29. The van der Waals surface area contributed by atoms with Gasteiger partial charge in [0.25, 0.3) is 0 Å². The quantitative estimate of drug-likeness (QED) is 0.564. The molecule has 62 valence electrons. The van der Waals surface area contributed by atoms with Gasteiger partial charge in [-0.25, -0.2) is 0 Å². The molecule has 0 aliphatic heterocycles. The third-order valence-electron chi connectivity index (χ3n) is 3.53. The van der Waals surface area contributed by atoms with E-state index in [-0.39, 0.29) is 0 Å². The maximum absolute atomic E-state index is 11.1. The van der Waals surface area contributed by atoms with Crippen LogP contribution in [0.2, 0.25) is 0 Å². The van der Waals surface area contributed by atoms with E-state index in [1.807, 2.05) is 0 Å². The lowest BCUT2D eigenvalue weighted by Gasteiger charge is -2.21. The summed E-state index contributed by atoms with van der Waals surface area (Å²) in [7, 11) is 0. The van der Waals surface area contributed by atoms with Gasteiger partial charge in [0, 0.05) is 5.92 Å². The lowest BCUT2D eigenvalue weighted by atomic mass is 9.84. The summed E-state index contributed by atoms with van der Waals surface area (Å²) >= 11 is 0. The van der Waals surface area contributed by atoms with Crippen molar-refractivity contribution in [1.82, 2.24) is 0 Å². The Hall–Kier alpha value is -0.330. The molecule has 2 fully saturated rings. The average Bonchev–Trinajstić information content (AvgIpc) is 2.66. The van der Waals surface area contributed by atoms with E-state index >= 15 is 0 Å². The van der Waals surface area contributed by atoms with E-state index in [2.05, 4.69) is 0 Å². The van der Waals surface area contributed by atoms with E-state index in [0.29, 0.717) is 17.1 Å². The van der Waals surface area contributed by atoms with Gasteiger partial charge in [-0.1, -0.05) is 19.3 Å². The zero-order valence-electron chi connectivity index (χ0n) is 7.23. The first kappa shape index (κ1) is 7.33. The fourth-order valence-corrected chi connectivity index (χ4v) is 2.73. The molecule has 0 radical (unpaired) electrons. The number of ketones is 1. The van der Waals surface area contributed by atoms with Crippen LogP contribution in [-0.2, 0) is 4.79 Å². The summed E-state index contributed by atoms with van der Waals surface area (Å²) in [6.07, 6.45) is 8.00. The molecule has 2 saturated carbocycles. The maximum atomic E-state index is 11.1. The summed E-state index contributed by atoms with van der Waals surface area (Å²) in [5, 5.41) is 0. The van der Waals surface area contributed by atoms with E-state index in [1.54, 1.807) is 6.92 Å². The van der Waals surface area contributed by atoms with Gasteiger partial charge in [0.05, 0.1) is 0 Å². The molecule has 0 aromatic carbocycles. The average molecular weight is 152 g/mol. The highest BCUT2D eigenvalue weighted by atomic mass is 16.1. The minimum absolute atomic E-state index is 0.437. The molecule has 11 heavy (non-hydrogen) atoms. The number of hydrogen-bond donors (Lipinski definition) is 0. The summed E-state index contributed by atoms with van der Waals surface area (Å²) in [5.74, 6) is 0.898. The van der Waals surface area contributed by atoms with E-state index in [0.717, 1.165) is 0 Å². The van der Waals surface area contributed by atoms with Crippen LogP contribution in [0.4, 0.5) is 0 Å². The number of carbonyl (C=O) groups excluding carboxylic acids is 1. The zero-order valence-corrected chi connectivity index (χ0v) is 7.23. The van der Waals surface area contributed by atoms with E-state index in [1.165, 1.54) is 38.5 Å². The van der Waals surface area contributed by atoms with Crippen LogP contribution in [-0.4, -0.2) is 5.78 Å². The van der Waals surface area contributed by atoms with Gasteiger partial charge in [0.1, 0.15) is 5.78 Å². The molecule has 2 aliphatic rings. The number of carbonyl (C=O) groups is 1. The summed E-state index contributed by atoms with van der Waals surface area (Å²) in [5.41, 5.74) is 0.518. The first-order valence-corrected chi connectivity index (χ1v) is 4.75. The second kappa shape index (κ2) is 2.33. The Kier molecular flexibility index (Phi) is 1.55. The van der Waals surface area contributed by atoms with Crippen molar-refractivity contribution in [2.75, 3.05) is 0 Å². The number of hydrogen-bond acceptors (Lipinski definition) is 1. The molecule has 0 saturated heterocycles. The highest BCUT2D eigenvalue weighted by molar-refractivity contribution is 5.82. The summed E-state index contributed by atoms with van der Waals surface area (Å²) in [6, 6.07) is 0. The number of Topliss-reactive ketones (excluding diaryl/α,β-unsaturated/α-hetero) is 1. The van der Waals surface area contributed by atoms with Crippen molar-refractivity contribution in [3.63, 3.8) is 0 Å². The molecule has 1 spiro atoms. The molecule has 1 atom stereocenters. The Labute approximate surface area is 68.2 Å². The summed E-state index contributed by atoms with van der Waals surface area (Å²) in [6.45, 7) is 1.76. The van der Waals surface area contributed by atoms with Gasteiger partial charge >= 0.3 is 0 Å². The third-order valence-corrected chi connectivity index (χ3v) is 3.53. The van der Waals surface area contributed by atoms with E-state index in [4.69, 9.17) is 0 Å². The first-order chi connectivity index (χ1) is 5.25. The smallest absolute Gasteiger partial charge is 0.133 e. The second-order valence-electron chi connectivity index (χ2n) is 4.29. The van der Waals surface area contributed by atoms with Crippen molar-refractivity contribution in [3.05, 3.63) is 0 Å². The molecule has 2 aliphatic carbocycles. The van der Waals surface area contributed by atoms with Crippen molar-refractivity contribution >= 4 is 5.78 Å². The molecule has 0 bridgehead atoms. The first-order valence-electron chi connectivity index (χ1n) is 4.75. The van der Waals surface area contributed by atoms with Crippen LogP contribution in [0.25, 0.3) is 0 Å². The highest BCUT2D eigenvalue weighted by Crippen LogP contribution is 2.61. The predicted octanol–water partition coefficient (Wildman–Crippen LogP) is 2.55. The fraction of sp³-hybridized carbons (Fsp3) is 0.900. The minimum Gasteiger partial charge on any atom is -0.300 e. The molecule has 2 rings (SSSR count). The van der Waals surface area contributed by atoms with Gasteiger partial charge in [-0.2, -0.15) is 0 Å². The SMILES string of the molecule is CC(=O)C1CC12CCCCC2. The van der Waals surface area contributed by atoms with Crippen molar-refractivity contribution < 1.29 is 4.79 Å². The monoisotopic (exact) mass is 152 g/mol. The molecule has 1 nitrogen and oxygen atoms in total. The van der Waals surface area contributed by atoms with Gasteiger partial charge < -0.3 is 0 Å². The van der Waals surface area contributed by atoms with E-state index in [9.17, 15) is 4.79 Å². The molecule has 0 aromatic heterocycles. The van der Waals surface area contributed by atoms with Crippen LogP contribution in [0, 0.1) is 11.3 Å². The van der Waals surface area contributed by atoms with Crippen molar-refractivity contribution in [1.29, 1.82) is 0 Å². The van der Waals surface area contributed by atoms with Gasteiger partial charge in [0.2, 0.25) is 0 Å². The normalized spacial score (nSPS) is 33.7. The lowest BCUT2D eigenvalue weighted by Crippen LogP contribution is -2.12. The largest absolute Gasteiger partial charge is 0.300 e. The van der Waals surface area contributed by atoms with Gasteiger partial charge in [-0.15, -0.1) is 0 Å². The highest BCUT2D eigenvalue weighted by Gasteiger charge is 2.55. The molecule has 0 heterocycles. The van der Waals surface area contributed by atoms with Crippen LogP contribution in [0.3, 0.4) is 0 Å². The lowest BCUT2D eigenvalue weighted by molar-refractivity contribution is -0.119. The molecule has 0 N–H and O–H groups in total. The van der Waals surface area contributed by atoms with Gasteiger partial charge in [0.15, 0.2) is 0 Å². The Morgan fingerprint density at radius 3 is 2.36 bits per heavy atom. The van der Waals surface area contributed by atoms with E-state index < -0.39 is 0 Å². The van der Waals surface area contributed by atoms with Crippen LogP contribution in [0.15, 0.2) is 0 Å². The number of rotatable bonds is 1. The van der Waals surface area contributed by atoms with Crippen LogP contribution >= 0.6 is 0 Å². The van der Waals surface area contributed by atoms with Crippen LogP contribution in [0.5, 0.6) is 0 Å². The minimum atomic E-state index is 0.437. The Bertz CT molecular complexity index is 177. The van der Waals surface area contributed by atoms with Crippen molar-refractivity contribution in [2.24, 2.45) is 11.3 Å². The molecule has 1 heteroatoms. The Morgan fingerprint density at radius 1 is 1.27 bits per heavy atom. The molecule has 1 unspecified atom stereocenters. The van der Waals surface area contributed by atoms with Gasteiger partial charge in [-0.3, -0.25) is 4.79 Å².